The number of piperazine rings is 1. The number of nitrogens with zero attached hydrogens (tertiary/aromatic N) is 3. The van der Waals surface area contributed by atoms with Gasteiger partial charge in [-0.05, 0) is 55.8 Å². The van der Waals surface area contributed by atoms with Crippen molar-refractivity contribution < 1.29 is 14.3 Å². The molecule has 0 bridgehead atoms. The van der Waals surface area contributed by atoms with Crippen molar-refractivity contribution in [2.75, 3.05) is 57.8 Å². The zero-order chi connectivity index (χ0) is 22.9. The van der Waals surface area contributed by atoms with Gasteiger partial charge in [-0.25, -0.2) is 0 Å². The summed E-state index contributed by atoms with van der Waals surface area (Å²) in [6.07, 6.45) is 4.18. The van der Waals surface area contributed by atoms with E-state index in [4.69, 9.17) is 9.47 Å². The first-order chi connectivity index (χ1) is 16.2. The number of anilines is 1. The molecule has 0 saturated carbocycles. The Morgan fingerprint density at radius 3 is 2.39 bits per heavy atom. The van der Waals surface area contributed by atoms with E-state index < -0.39 is 0 Å². The number of piperidine rings is 1. The van der Waals surface area contributed by atoms with Crippen molar-refractivity contribution in [2.45, 2.75) is 38.3 Å². The predicted octanol–water partition coefficient (Wildman–Crippen LogP) is 3.81. The number of hydrogen-bond donors (Lipinski definition) is 0. The third-order valence-electron chi connectivity index (χ3n) is 6.81. The van der Waals surface area contributed by atoms with Gasteiger partial charge >= 0.3 is 5.97 Å². The molecular weight excluding hydrogens is 414 g/mol. The summed E-state index contributed by atoms with van der Waals surface area (Å²) in [6.45, 7) is 7.48. The number of carbonyl (C=O) groups excluding carboxylic acids is 1. The molecule has 2 saturated heterocycles. The predicted molar refractivity (Wildman–Crippen MR) is 132 cm³/mol. The summed E-state index contributed by atoms with van der Waals surface area (Å²) < 4.78 is 10.9. The third kappa shape index (κ3) is 6.95. The Bertz CT molecular complexity index is 862. The highest BCUT2D eigenvalue weighted by atomic mass is 16.5. The van der Waals surface area contributed by atoms with Gasteiger partial charge in [0.15, 0.2) is 0 Å². The second-order valence-corrected chi connectivity index (χ2v) is 9.09. The summed E-state index contributed by atoms with van der Waals surface area (Å²) in [5.41, 5.74) is 2.25. The quantitative estimate of drug-likeness (QED) is 0.541. The number of likely N-dealkylation sites (tertiary alicyclic amines) is 1. The van der Waals surface area contributed by atoms with Crippen molar-refractivity contribution in [1.82, 2.24) is 9.80 Å². The smallest absolute Gasteiger partial charge is 0.307 e. The van der Waals surface area contributed by atoms with E-state index in [0.717, 1.165) is 57.1 Å². The summed E-state index contributed by atoms with van der Waals surface area (Å²) in [6, 6.07) is 18.6. The highest BCUT2D eigenvalue weighted by molar-refractivity contribution is 5.70. The maximum atomic E-state index is 12.8. The Kier molecular flexibility index (Phi) is 8.61. The Labute approximate surface area is 198 Å². The van der Waals surface area contributed by atoms with Gasteiger partial charge in [0.25, 0.3) is 0 Å². The van der Waals surface area contributed by atoms with Crippen molar-refractivity contribution in [3.63, 3.8) is 0 Å². The van der Waals surface area contributed by atoms with Crippen LogP contribution in [0.3, 0.4) is 0 Å². The molecule has 0 aromatic heterocycles. The van der Waals surface area contributed by atoms with Crippen LogP contribution in [0.5, 0.6) is 5.75 Å². The van der Waals surface area contributed by atoms with Gasteiger partial charge in [0.2, 0.25) is 0 Å². The van der Waals surface area contributed by atoms with Crippen LogP contribution in [0.4, 0.5) is 5.69 Å². The van der Waals surface area contributed by atoms with Crippen LogP contribution in [0, 0.1) is 0 Å². The molecule has 0 spiro atoms. The highest BCUT2D eigenvalue weighted by Gasteiger charge is 2.27. The number of esters is 1. The van der Waals surface area contributed by atoms with Gasteiger partial charge in [-0.1, -0.05) is 36.8 Å². The van der Waals surface area contributed by atoms with Crippen LogP contribution in [0.2, 0.25) is 0 Å². The van der Waals surface area contributed by atoms with E-state index in [9.17, 15) is 4.79 Å². The van der Waals surface area contributed by atoms with Crippen LogP contribution >= 0.6 is 0 Å². The fourth-order valence-corrected chi connectivity index (χ4v) is 4.90. The van der Waals surface area contributed by atoms with Crippen LogP contribution in [-0.4, -0.2) is 74.7 Å². The van der Waals surface area contributed by atoms with Crippen molar-refractivity contribution in [3.05, 3.63) is 60.2 Å². The van der Waals surface area contributed by atoms with Crippen LogP contribution in [-0.2, 0) is 16.1 Å². The van der Waals surface area contributed by atoms with E-state index in [1.165, 1.54) is 24.9 Å². The molecule has 33 heavy (non-hydrogen) atoms. The lowest BCUT2D eigenvalue weighted by molar-refractivity contribution is -0.146. The summed E-state index contributed by atoms with van der Waals surface area (Å²) in [5.74, 6) is 0.667. The van der Waals surface area contributed by atoms with Crippen LogP contribution in [0.25, 0.3) is 0 Å². The second kappa shape index (κ2) is 12.1. The zero-order valence-electron chi connectivity index (χ0n) is 19.8. The van der Waals surface area contributed by atoms with Crippen molar-refractivity contribution in [1.29, 1.82) is 0 Å². The first-order valence-corrected chi connectivity index (χ1v) is 12.3. The number of benzene rings is 2. The van der Waals surface area contributed by atoms with E-state index >= 15 is 0 Å². The van der Waals surface area contributed by atoms with E-state index in [-0.39, 0.29) is 12.0 Å². The van der Waals surface area contributed by atoms with E-state index in [0.29, 0.717) is 13.0 Å². The second-order valence-electron chi connectivity index (χ2n) is 9.09. The van der Waals surface area contributed by atoms with Gasteiger partial charge in [0, 0.05) is 44.5 Å². The molecule has 2 heterocycles. The Hall–Kier alpha value is -2.57. The molecule has 0 radical (unpaired) electrons. The maximum absolute atomic E-state index is 12.8. The summed E-state index contributed by atoms with van der Waals surface area (Å²) in [4.78, 5) is 20.3. The highest BCUT2D eigenvalue weighted by Crippen LogP contribution is 2.20. The number of methoxy groups -OCH3 is 1. The molecule has 0 amide bonds. The Morgan fingerprint density at radius 1 is 0.909 bits per heavy atom. The molecule has 0 aliphatic carbocycles. The molecule has 2 aromatic carbocycles. The minimum atomic E-state index is -0.115. The Morgan fingerprint density at radius 2 is 1.67 bits per heavy atom. The fraction of sp³-hybridized carbons (Fsp3) is 0.519. The van der Waals surface area contributed by atoms with E-state index in [1.807, 2.05) is 24.3 Å². The SMILES string of the molecule is COc1cccc(COC(=O)CC(CN2CCN(c3ccccc3)CC2)N2CCCCC2)c1. The third-order valence-corrected chi connectivity index (χ3v) is 6.81. The molecule has 0 N–H and O–H groups in total. The van der Waals surface area contributed by atoms with Gasteiger partial charge < -0.3 is 14.4 Å². The fourth-order valence-electron chi connectivity index (χ4n) is 4.90. The van der Waals surface area contributed by atoms with Crippen LogP contribution < -0.4 is 9.64 Å². The van der Waals surface area contributed by atoms with Crippen LogP contribution in [0.1, 0.15) is 31.2 Å². The number of rotatable bonds is 9. The van der Waals surface area contributed by atoms with Gasteiger partial charge in [0.1, 0.15) is 12.4 Å². The molecule has 2 aliphatic rings. The molecule has 2 fully saturated rings. The summed E-state index contributed by atoms with van der Waals surface area (Å²) >= 11 is 0. The monoisotopic (exact) mass is 451 g/mol. The molecule has 6 nitrogen and oxygen atoms in total. The first kappa shape index (κ1) is 23.6. The van der Waals surface area contributed by atoms with Gasteiger partial charge in [-0.3, -0.25) is 14.6 Å². The largest absolute Gasteiger partial charge is 0.497 e. The molecule has 4 rings (SSSR count). The van der Waals surface area contributed by atoms with Crippen molar-refractivity contribution in [3.8, 4) is 5.75 Å². The van der Waals surface area contributed by atoms with Crippen molar-refractivity contribution >= 4 is 11.7 Å². The zero-order valence-corrected chi connectivity index (χ0v) is 19.8. The number of hydrogen-bond acceptors (Lipinski definition) is 6. The lowest BCUT2D eigenvalue weighted by atomic mass is 10.0. The molecule has 2 aliphatic heterocycles. The lowest BCUT2D eigenvalue weighted by Gasteiger charge is -2.41. The number of para-hydroxylation sites is 1. The molecular formula is C27H37N3O3. The van der Waals surface area contributed by atoms with Gasteiger partial charge in [-0.2, -0.15) is 0 Å². The standard InChI is InChI=1S/C27H37N3O3/c1-32-26-12-8-9-23(19-26)22-33-27(31)20-25(29-13-6-3-7-14-29)21-28-15-17-30(18-16-28)24-10-4-2-5-11-24/h2,4-5,8-12,19,25H,3,6-7,13-18,20-22H2,1H3. The summed E-state index contributed by atoms with van der Waals surface area (Å²) in [5, 5.41) is 0. The van der Waals surface area contributed by atoms with E-state index in [1.54, 1.807) is 7.11 Å². The maximum Gasteiger partial charge on any atom is 0.307 e. The molecule has 2 aromatic rings. The Balaban J connectivity index is 1.31. The van der Waals surface area contributed by atoms with Gasteiger partial charge in [0.05, 0.1) is 13.5 Å². The van der Waals surface area contributed by atoms with Crippen molar-refractivity contribution in [2.24, 2.45) is 0 Å². The van der Waals surface area contributed by atoms with Gasteiger partial charge in [-0.15, -0.1) is 0 Å². The number of ether oxygens (including phenoxy) is 2. The average Bonchev–Trinajstić information content (AvgIpc) is 2.89. The number of carbonyl (C=O) groups is 1. The van der Waals surface area contributed by atoms with Crippen LogP contribution in [0.15, 0.2) is 54.6 Å². The normalized spacial score (nSPS) is 18.6. The molecule has 178 valence electrons. The topological polar surface area (TPSA) is 45.3 Å². The van der Waals surface area contributed by atoms with E-state index in [2.05, 4.69) is 45.0 Å². The molecule has 6 heteroatoms. The molecule has 1 atom stereocenters. The average molecular weight is 452 g/mol. The minimum absolute atomic E-state index is 0.115. The minimum Gasteiger partial charge on any atom is -0.497 e. The summed E-state index contributed by atoms with van der Waals surface area (Å²) in [7, 11) is 1.65. The first-order valence-electron chi connectivity index (χ1n) is 12.3. The lowest BCUT2D eigenvalue weighted by Crippen LogP contribution is -2.53. The molecule has 1 unspecified atom stereocenters.